The van der Waals surface area contributed by atoms with E-state index in [-0.39, 0.29) is 6.04 Å². The second kappa shape index (κ2) is 7.81. The van der Waals surface area contributed by atoms with Crippen LogP contribution in [0.1, 0.15) is 45.2 Å². The van der Waals surface area contributed by atoms with Crippen molar-refractivity contribution in [2.45, 2.75) is 39.7 Å². The zero-order valence-corrected chi connectivity index (χ0v) is 12.3. The predicted octanol–water partition coefficient (Wildman–Crippen LogP) is 3.47. The molecule has 3 heteroatoms. The van der Waals surface area contributed by atoms with E-state index in [1.807, 2.05) is 0 Å². The molecule has 0 saturated heterocycles. The van der Waals surface area contributed by atoms with Crippen LogP contribution in [-0.4, -0.2) is 13.1 Å². The molecule has 0 aromatic heterocycles. The van der Waals surface area contributed by atoms with E-state index < -0.39 is 0 Å². The monoisotopic (exact) mass is 259 g/mol. The number of anilines is 1. The molecule has 19 heavy (non-hydrogen) atoms. The third kappa shape index (κ3) is 4.92. The third-order valence-electron chi connectivity index (χ3n) is 3.21. The summed E-state index contributed by atoms with van der Waals surface area (Å²) in [5, 5.41) is 8.75. The molecule has 3 nitrogen and oxygen atoms in total. The van der Waals surface area contributed by atoms with Gasteiger partial charge in [-0.2, -0.15) is 5.26 Å². The molecule has 0 saturated carbocycles. The minimum absolute atomic E-state index is 0.117. The lowest BCUT2D eigenvalue weighted by molar-refractivity contribution is 0.612. The smallest absolute Gasteiger partial charge is 0.0640 e. The topological polar surface area (TPSA) is 53.0 Å². The Morgan fingerprint density at radius 3 is 2.37 bits per heavy atom. The average Bonchev–Trinajstić information content (AvgIpc) is 2.42. The quantitative estimate of drug-likeness (QED) is 0.815. The van der Waals surface area contributed by atoms with Crippen molar-refractivity contribution in [3.05, 3.63) is 29.8 Å². The lowest BCUT2D eigenvalue weighted by Gasteiger charge is -2.26. The van der Waals surface area contributed by atoms with Gasteiger partial charge in [0.25, 0.3) is 0 Å². The van der Waals surface area contributed by atoms with Gasteiger partial charge in [0.15, 0.2) is 0 Å². The summed E-state index contributed by atoms with van der Waals surface area (Å²) in [7, 11) is 0. The third-order valence-corrected chi connectivity index (χ3v) is 3.21. The SMILES string of the molecule is CC[C@H](N)c1ccc(N(CCC#N)CC(C)C)cc1. The largest absolute Gasteiger partial charge is 0.370 e. The van der Waals surface area contributed by atoms with Crippen LogP contribution in [0.3, 0.4) is 0 Å². The number of hydrogen-bond donors (Lipinski definition) is 1. The molecule has 1 aromatic rings. The molecule has 0 aliphatic rings. The van der Waals surface area contributed by atoms with Crippen molar-refractivity contribution in [3.63, 3.8) is 0 Å². The van der Waals surface area contributed by atoms with E-state index >= 15 is 0 Å². The first-order valence-electron chi connectivity index (χ1n) is 7.05. The van der Waals surface area contributed by atoms with Gasteiger partial charge in [-0.15, -0.1) is 0 Å². The summed E-state index contributed by atoms with van der Waals surface area (Å²) in [6, 6.07) is 10.8. The van der Waals surface area contributed by atoms with Crippen LogP contribution in [0.2, 0.25) is 0 Å². The second-order valence-corrected chi connectivity index (χ2v) is 5.35. The lowest BCUT2D eigenvalue weighted by atomic mass is 10.0. The molecule has 1 aromatic carbocycles. The zero-order valence-electron chi connectivity index (χ0n) is 12.3. The van der Waals surface area contributed by atoms with Crippen molar-refractivity contribution in [3.8, 4) is 6.07 Å². The van der Waals surface area contributed by atoms with E-state index in [0.29, 0.717) is 12.3 Å². The zero-order chi connectivity index (χ0) is 14.3. The van der Waals surface area contributed by atoms with Gasteiger partial charge >= 0.3 is 0 Å². The van der Waals surface area contributed by atoms with Crippen LogP contribution in [0.5, 0.6) is 0 Å². The fourth-order valence-electron chi connectivity index (χ4n) is 2.12. The molecule has 0 bridgehead atoms. The molecule has 0 aliphatic heterocycles. The van der Waals surface area contributed by atoms with Gasteiger partial charge in [0, 0.05) is 24.8 Å². The van der Waals surface area contributed by atoms with Crippen LogP contribution >= 0.6 is 0 Å². The fourth-order valence-corrected chi connectivity index (χ4v) is 2.12. The van der Waals surface area contributed by atoms with Crippen LogP contribution < -0.4 is 10.6 Å². The Labute approximate surface area is 117 Å². The number of rotatable bonds is 7. The van der Waals surface area contributed by atoms with Crippen LogP contribution in [0.15, 0.2) is 24.3 Å². The second-order valence-electron chi connectivity index (χ2n) is 5.35. The summed E-state index contributed by atoms with van der Waals surface area (Å²) in [6.45, 7) is 8.24. The highest BCUT2D eigenvalue weighted by Gasteiger charge is 2.09. The highest BCUT2D eigenvalue weighted by molar-refractivity contribution is 5.48. The maximum absolute atomic E-state index is 8.75. The van der Waals surface area contributed by atoms with E-state index in [4.69, 9.17) is 11.0 Å². The van der Waals surface area contributed by atoms with Gasteiger partial charge in [0.1, 0.15) is 0 Å². The first kappa shape index (κ1) is 15.5. The molecule has 2 N–H and O–H groups in total. The van der Waals surface area contributed by atoms with Gasteiger partial charge in [-0.25, -0.2) is 0 Å². The van der Waals surface area contributed by atoms with E-state index in [2.05, 4.69) is 56.0 Å². The molecular formula is C16H25N3. The summed E-state index contributed by atoms with van der Waals surface area (Å²) in [5.41, 5.74) is 8.38. The van der Waals surface area contributed by atoms with E-state index in [0.717, 1.165) is 19.5 Å². The summed E-state index contributed by atoms with van der Waals surface area (Å²) in [4.78, 5) is 2.27. The molecule has 1 atom stereocenters. The number of hydrogen-bond acceptors (Lipinski definition) is 3. The number of benzene rings is 1. The summed E-state index contributed by atoms with van der Waals surface area (Å²) in [6.07, 6.45) is 1.51. The standard InChI is InChI=1S/C16H25N3/c1-4-16(18)14-6-8-15(9-7-14)19(11-5-10-17)12-13(2)3/h6-9,13,16H,4-5,11-12,18H2,1-3H3/t16-/m0/s1. The molecule has 0 unspecified atom stereocenters. The molecule has 0 spiro atoms. The van der Waals surface area contributed by atoms with Gasteiger partial charge in [0.05, 0.1) is 12.5 Å². The van der Waals surface area contributed by atoms with Gasteiger partial charge in [-0.1, -0.05) is 32.9 Å². The first-order chi connectivity index (χ1) is 9.08. The Kier molecular flexibility index (Phi) is 6.38. The Hall–Kier alpha value is -1.53. The van der Waals surface area contributed by atoms with Gasteiger partial charge < -0.3 is 10.6 Å². The normalized spacial score (nSPS) is 12.2. The van der Waals surface area contributed by atoms with E-state index in [1.54, 1.807) is 0 Å². The van der Waals surface area contributed by atoms with Crippen LogP contribution in [0.25, 0.3) is 0 Å². The Balaban J connectivity index is 2.81. The summed E-state index contributed by atoms with van der Waals surface area (Å²) >= 11 is 0. The van der Waals surface area contributed by atoms with Crippen LogP contribution in [0.4, 0.5) is 5.69 Å². The van der Waals surface area contributed by atoms with Crippen molar-refractivity contribution in [1.82, 2.24) is 0 Å². The maximum atomic E-state index is 8.75. The van der Waals surface area contributed by atoms with Crippen molar-refractivity contribution < 1.29 is 0 Å². The van der Waals surface area contributed by atoms with Gasteiger partial charge in [0.2, 0.25) is 0 Å². The highest BCUT2D eigenvalue weighted by atomic mass is 15.1. The number of nitriles is 1. The molecule has 0 amide bonds. The van der Waals surface area contributed by atoms with Crippen LogP contribution in [0, 0.1) is 17.2 Å². The van der Waals surface area contributed by atoms with Gasteiger partial charge in [-0.05, 0) is 30.0 Å². The summed E-state index contributed by atoms with van der Waals surface area (Å²) < 4.78 is 0. The molecular weight excluding hydrogens is 234 g/mol. The van der Waals surface area contributed by atoms with Crippen LogP contribution in [-0.2, 0) is 0 Å². The lowest BCUT2D eigenvalue weighted by Crippen LogP contribution is -2.28. The first-order valence-corrected chi connectivity index (χ1v) is 7.05. The Morgan fingerprint density at radius 2 is 1.89 bits per heavy atom. The molecule has 0 radical (unpaired) electrons. The molecule has 0 aliphatic carbocycles. The predicted molar refractivity (Wildman–Crippen MR) is 80.9 cm³/mol. The molecule has 0 heterocycles. The maximum Gasteiger partial charge on any atom is 0.0640 e. The minimum atomic E-state index is 0.117. The van der Waals surface area contributed by atoms with Crippen molar-refractivity contribution in [2.75, 3.05) is 18.0 Å². The average molecular weight is 259 g/mol. The minimum Gasteiger partial charge on any atom is -0.370 e. The van der Waals surface area contributed by atoms with Gasteiger partial charge in [-0.3, -0.25) is 0 Å². The highest BCUT2D eigenvalue weighted by Crippen LogP contribution is 2.20. The van der Waals surface area contributed by atoms with Crippen molar-refractivity contribution in [1.29, 1.82) is 5.26 Å². The van der Waals surface area contributed by atoms with E-state index in [1.165, 1.54) is 11.3 Å². The number of nitrogens with two attached hydrogens (primary N) is 1. The number of nitrogens with zero attached hydrogens (tertiary/aromatic N) is 2. The van der Waals surface area contributed by atoms with E-state index in [9.17, 15) is 0 Å². The summed E-state index contributed by atoms with van der Waals surface area (Å²) in [5.74, 6) is 0.580. The molecule has 0 fully saturated rings. The van der Waals surface area contributed by atoms with Crippen molar-refractivity contribution in [2.24, 2.45) is 11.7 Å². The fraction of sp³-hybridized carbons (Fsp3) is 0.562. The van der Waals surface area contributed by atoms with Crippen molar-refractivity contribution >= 4 is 5.69 Å². The molecule has 1 rings (SSSR count). The Bertz CT molecular complexity index is 403. The molecule has 104 valence electrons. The Morgan fingerprint density at radius 1 is 1.26 bits per heavy atom.